The summed E-state index contributed by atoms with van der Waals surface area (Å²) < 4.78 is 9.10. The predicted octanol–water partition coefficient (Wildman–Crippen LogP) is 24.7. The molecular weight excluding hydrogens is 1230 g/mol. The van der Waals surface area contributed by atoms with E-state index in [0.717, 1.165) is 72.7 Å². The van der Waals surface area contributed by atoms with Crippen LogP contribution < -0.4 is 20.9 Å². The fraction of sp³-hybridized carbons (Fsp3) is 0.0217. The van der Waals surface area contributed by atoms with Crippen LogP contribution in [-0.2, 0) is 0 Å². The van der Waals surface area contributed by atoms with Crippen LogP contribution in [0.1, 0.15) is 24.0 Å². The van der Waals surface area contributed by atoms with Crippen LogP contribution in [0, 0.1) is 0 Å². The Bertz CT molecular complexity index is 6510. The van der Waals surface area contributed by atoms with E-state index in [1.165, 1.54) is 141 Å². The van der Waals surface area contributed by atoms with Gasteiger partial charge >= 0.3 is 0 Å². The van der Waals surface area contributed by atoms with E-state index in [-0.39, 0.29) is 0 Å². The molecule has 0 bridgehead atoms. The van der Waals surface area contributed by atoms with E-state index in [2.05, 4.69) is 286 Å². The van der Waals surface area contributed by atoms with E-state index in [9.17, 15) is 0 Å². The lowest BCUT2D eigenvalue weighted by Gasteiger charge is -2.18. The van der Waals surface area contributed by atoms with Crippen molar-refractivity contribution in [1.82, 2.24) is 0 Å². The molecule has 0 fully saturated rings. The van der Waals surface area contributed by atoms with Crippen molar-refractivity contribution in [3.8, 4) is 43.8 Å². The summed E-state index contributed by atoms with van der Waals surface area (Å²) in [5.74, 6) is 0. The van der Waals surface area contributed by atoms with Crippen molar-refractivity contribution in [1.29, 1.82) is 0 Å². The number of benzene rings is 13. The Morgan fingerprint density at radius 3 is 1.74 bits per heavy atom. The maximum Gasteiger partial charge on any atom is 0.0455 e. The smallest absolute Gasteiger partial charge is 0.0455 e. The Morgan fingerprint density at radius 1 is 0.396 bits per heavy atom. The number of thiophene rings is 4. The minimum Gasteiger partial charge on any atom is -0.135 e. The molecule has 0 atom stereocenters. The maximum absolute atomic E-state index is 5.02. The van der Waals surface area contributed by atoms with Crippen LogP contribution in [0.5, 0.6) is 0 Å². The predicted molar refractivity (Wildman–Crippen MR) is 428 cm³/mol. The first-order valence-corrected chi connectivity index (χ1v) is 35.9. The van der Waals surface area contributed by atoms with Crippen molar-refractivity contribution in [2.45, 2.75) is 12.8 Å². The van der Waals surface area contributed by atoms with Crippen LogP contribution in [0.4, 0.5) is 0 Å². The summed E-state index contributed by atoms with van der Waals surface area (Å²) in [7, 11) is 0. The van der Waals surface area contributed by atoms with Gasteiger partial charge in [-0.05, 0) is 200 Å². The Hall–Kier alpha value is -10.8. The summed E-state index contributed by atoms with van der Waals surface area (Å²) in [5, 5.41) is 20.8. The number of allylic oxidation sites excluding steroid dienone is 8. The number of rotatable bonds is 10. The number of fused-ring (bicyclic) bond motifs is 17. The third-order valence-electron chi connectivity index (χ3n) is 19.5. The molecule has 4 heterocycles. The maximum atomic E-state index is 5.02. The number of hydrogen-bond donors (Lipinski definition) is 0. The highest BCUT2D eigenvalue weighted by atomic mass is 32.1. The van der Waals surface area contributed by atoms with Crippen molar-refractivity contribution in [2.75, 3.05) is 0 Å². The molecule has 0 saturated heterocycles. The van der Waals surface area contributed by atoms with Crippen LogP contribution in [0.15, 0.2) is 304 Å². The highest BCUT2D eigenvalue weighted by Crippen LogP contribution is 2.52. The van der Waals surface area contributed by atoms with E-state index in [1.807, 2.05) is 57.5 Å². The molecule has 452 valence electrons. The Balaban J connectivity index is 0.728. The first kappa shape index (κ1) is 57.8. The second kappa shape index (κ2) is 23.6. The third kappa shape index (κ3) is 9.66. The van der Waals surface area contributed by atoms with Gasteiger partial charge in [0.25, 0.3) is 0 Å². The van der Waals surface area contributed by atoms with Gasteiger partial charge in [-0.3, -0.25) is 0 Å². The van der Waals surface area contributed by atoms with Gasteiger partial charge < -0.3 is 0 Å². The van der Waals surface area contributed by atoms with Crippen molar-refractivity contribution in [3.05, 3.63) is 336 Å². The molecule has 0 radical (unpaired) electrons. The molecule has 96 heavy (non-hydrogen) atoms. The molecule has 4 aromatic heterocycles. The van der Waals surface area contributed by atoms with Gasteiger partial charge in [-0.2, -0.15) is 0 Å². The quantitative estimate of drug-likeness (QED) is 0.0946. The molecule has 0 unspecified atom stereocenters. The lowest BCUT2D eigenvalue weighted by Crippen LogP contribution is -2.29. The normalized spacial score (nSPS) is 15.0. The molecule has 1 aliphatic rings. The van der Waals surface area contributed by atoms with Crippen LogP contribution in [0.25, 0.3) is 182 Å². The fourth-order valence-corrected chi connectivity index (χ4v) is 19.8. The highest BCUT2D eigenvalue weighted by Gasteiger charge is 2.23. The molecule has 4 heteroatoms. The first-order chi connectivity index (χ1) is 47.3. The Morgan fingerprint density at radius 2 is 1.00 bits per heavy atom. The van der Waals surface area contributed by atoms with E-state index < -0.39 is 0 Å². The average Bonchev–Trinajstić information content (AvgIpc) is 1.65. The van der Waals surface area contributed by atoms with Crippen molar-refractivity contribution >= 4 is 184 Å². The van der Waals surface area contributed by atoms with Crippen LogP contribution in [0.2, 0.25) is 0 Å². The fourth-order valence-electron chi connectivity index (χ4n) is 15.0. The van der Waals surface area contributed by atoms with Crippen molar-refractivity contribution in [3.63, 3.8) is 0 Å². The molecule has 0 aliphatic heterocycles. The Labute approximate surface area is 572 Å². The molecule has 1 aliphatic carbocycles. The summed E-state index contributed by atoms with van der Waals surface area (Å²) in [5.41, 5.74) is 14.9. The SMILES string of the molecule is C=C/C=C\c1cccc(-c2c3ccccc3c(-c3ccc4c(c3)sc3c5ccccc5c5c6cc(-c7cc/c(=C/C(=C)C8=c9\cccc\c9=C(C(=C)c9cc%10c(cc9-c9cc%11ccccc%11s9)sc9ccccc9%10)\C=C\CC\C=C\8)c(=C)c7)ccc6sc5c43)c3ccccc23)c1. The summed E-state index contributed by atoms with van der Waals surface area (Å²) >= 11 is 7.56. The average molecular weight is 1290 g/mol. The number of hydrogen-bond acceptors (Lipinski definition) is 4. The molecule has 18 rings (SSSR count). The summed E-state index contributed by atoms with van der Waals surface area (Å²) in [6.07, 6.45) is 19.2. The van der Waals surface area contributed by atoms with Gasteiger partial charge in [0.15, 0.2) is 0 Å². The van der Waals surface area contributed by atoms with E-state index in [4.69, 9.17) is 19.7 Å². The standard InChI is InChI=1S/C92H60S4/c1-5-6-24-58-25-23-27-63(49-58)87-70-33-14-16-35-72(70)88(73-36-17-15-34-71(73)87)64-43-45-76-84(52-64)96-91-75-38-19-18-37-74(75)89-80-50-61(44-46-83(80)95-92(89)90(76)91)60-42-41-59(55(2)47-60)48-56(3)65-28-9-7-8-10-29-66(68-31-13-12-30-67(65)68)57(4)77-53-78-69-32-20-22-40-82(69)94-86(78)54-79(77)85-51-62-26-11-21-39-81(62)93-85/h5-6,9-54H,1-4,7-8H2/b24-6-,28-9+,29-10+,59-48-,67-65+,68-66+. The minimum atomic E-state index is 0.901. The first-order valence-electron chi connectivity index (χ1n) is 32.7. The summed E-state index contributed by atoms with van der Waals surface area (Å²) in [6.45, 7) is 18.5. The molecule has 0 nitrogen and oxygen atoms in total. The zero-order valence-corrected chi connectivity index (χ0v) is 55.9. The second-order valence-corrected chi connectivity index (χ2v) is 29.4. The summed E-state index contributed by atoms with van der Waals surface area (Å²) in [6, 6.07) is 90.3. The van der Waals surface area contributed by atoms with Gasteiger partial charge in [-0.1, -0.05) is 251 Å². The van der Waals surface area contributed by atoms with Gasteiger partial charge in [0.2, 0.25) is 0 Å². The molecule has 17 aromatic rings. The third-order valence-corrected chi connectivity index (χ3v) is 24.1. The van der Waals surface area contributed by atoms with Gasteiger partial charge in [-0.25, -0.2) is 0 Å². The van der Waals surface area contributed by atoms with Crippen molar-refractivity contribution in [2.24, 2.45) is 0 Å². The van der Waals surface area contributed by atoms with Crippen LogP contribution in [0.3, 0.4) is 0 Å². The van der Waals surface area contributed by atoms with Crippen molar-refractivity contribution < 1.29 is 0 Å². The molecule has 0 spiro atoms. The van der Waals surface area contributed by atoms with Gasteiger partial charge in [-0.15, -0.1) is 45.3 Å². The molecule has 13 aromatic carbocycles. The molecular formula is C92H60S4. The lowest BCUT2D eigenvalue weighted by atomic mass is 9.85. The van der Waals surface area contributed by atoms with Gasteiger partial charge in [0, 0.05) is 81.0 Å². The topological polar surface area (TPSA) is 0 Å². The van der Waals surface area contributed by atoms with E-state index >= 15 is 0 Å². The molecule has 0 saturated carbocycles. The van der Waals surface area contributed by atoms with Gasteiger partial charge in [0.05, 0.1) is 0 Å². The van der Waals surface area contributed by atoms with Gasteiger partial charge in [0.1, 0.15) is 0 Å². The second-order valence-electron chi connectivity index (χ2n) is 25.1. The van der Waals surface area contributed by atoms with Crippen LogP contribution >= 0.6 is 45.3 Å². The highest BCUT2D eigenvalue weighted by molar-refractivity contribution is 7.30. The lowest BCUT2D eigenvalue weighted by molar-refractivity contribution is 1.05. The monoisotopic (exact) mass is 1290 g/mol. The minimum absolute atomic E-state index is 0.901. The Kier molecular flexibility index (Phi) is 14.2. The molecule has 0 N–H and O–H groups in total. The zero-order chi connectivity index (χ0) is 64.1. The van der Waals surface area contributed by atoms with E-state index in [0.29, 0.717) is 0 Å². The molecule has 0 amide bonds. The van der Waals surface area contributed by atoms with Crippen LogP contribution in [-0.4, -0.2) is 0 Å². The van der Waals surface area contributed by atoms with E-state index in [1.54, 1.807) is 0 Å². The largest absolute Gasteiger partial charge is 0.135 e. The summed E-state index contributed by atoms with van der Waals surface area (Å²) in [4.78, 5) is 1.24. The zero-order valence-electron chi connectivity index (χ0n) is 52.6.